The Kier molecular flexibility index (Phi) is 3.02. The highest BCUT2D eigenvalue weighted by molar-refractivity contribution is 7.94. The van der Waals surface area contributed by atoms with Crippen molar-refractivity contribution in [2.45, 2.75) is 18.2 Å². The van der Waals surface area contributed by atoms with Crippen molar-refractivity contribution in [3.05, 3.63) is 47.5 Å². The Labute approximate surface area is 111 Å². The van der Waals surface area contributed by atoms with Crippen LogP contribution in [0.1, 0.15) is 18.1 Å². The molecule has 1 aliphatic rings. The van der Waals surface area contributed by atoms with Crippen molar-refractivity contribution in [1.29, 1.82) is 0 Å². The van der Waals surface area contributed by atoms with Gasteiger partial charge in [-0.25, -0.2) is 0 Å². The molecule has 0 saturated heterocycles. The van der Waals surface area contributed by atoms with Gasteiger partial charge in [-0.05, 0) is 35.2 Å². The van der Waals surface area contributed by atoms with Crippen LogP contribution in [0, 0.1) is 0 Å². The normalized spacial score (nSPS) is 12.3. The van der Waals surface area contributed by atoms with Crippen molar-refractivity contribution >= 4 is 17.7 Å². The molecule has 2 nitrogen and oxygen atoms in total. The zero-order valence-electron chi connectivity index (χ0n) is 10.3. The Morgan fingerprint density at radius 3 is 2.83 bits per heavy atom. The number of nitrogen functional groups attached to an aromatic ring is 1. The first-order valence-electron chi connectivity index (χ1n) is 6.10. The van der Waals surface area contributed by atoms with E-state index in [9.17, 15) is 0 Å². The zero-order chi connectivity index (χ0) is 12.5. The first-order valence-corrected chi connectivity index (χ1v) is 6.84. The monoisotopic (exact) mass is 257 g/mol. The van der Waals surface area contributed by atoms with Crippen LogP contribution in [0.15, 0.2) is 41.3 Å². The number of hydrogen-bond acceptors (Lipinski definition) is 3. The van der Waals surface area contributed by atoms with Crippen molar-refractivity contribution in [3.63, 3.8) is 0 Å². The van der Waals surface area contributed by atoms with Crippen molar-refractivity contribution < 1.29 is 4.18 Å². The van der Waals surface area contributed by atoms with Crippen LogP contribution >= 0.6 is 12.0 Å². The minimum absolute atomic E-state index is 0.682. The van der Waals surface area contributed by atoms with Crippen molar-refractivity contribution in [2.24, 2.45) is 0 Å². The summed E-state index contributed by atoms with van der Waals surface area (Å²) in [5, 5.41) is 0. The summed E-state index contributed by atoms with van der Waals surface area (Å²) in [6, 6.07) is 12.7. The molecule has 1 aliphatic carbocycles. The molecule has 0 fully saturated rings. The fraction of sp³-hybridized carbons (Fsp3) is 0.200. The van der Waals surface area contributed by atoms with Gasteiger partial charge in [-0.15, -0.1) is 0 Å². The number of benzene rings is 2. The van der Waals surface area contributed by atoms with Crippen LogP contribution in [0.3, 0.4) is 0 Å². The number of rotatable bonds is 3. The lowest BCUT2D eigenvalue weighted by Crippen LogP contribution is -1.96. The van der Waals surface area contributed by atoms with E-state index in [1.54, 1.807) is 0 Å². The quantitative estimate of drug-likeness (QED) is 0.571. The van der Waals surface area contributed by atoms with E-state index in [4.69, 9.17) is 9.92 Å². The predicted octanol–water partition coefficient (Wildman–Crippen LogP) is 3.88. The first kappa shape index (κ1) is 11.6. The van der Waals surface area contributed by atoms with E-state index in [0.29, 0.717) is 6.61 Å². The molecular formula is C15H15NOS. The fourth-order valence-electron chi connectivity index (χ4n) is 2.41. The van der Waals surface area contributed by atoms with Crippen LogP contribution < -0.4 is 5.73 Å². The number of anilines is 1. The second-order valence-electron chi connectivity index (χ2n) is 4.33. The van der Waals surface area contributed by atoms with Gasteiger partial charge in [0, 0.05) is 18.5 Å². The van der Waals surface area contributed by atoms with Crippen molar-refractivity contribution in [3.8, 4) is 11.1 Å². The highest BCUT2D eigenvalue weighted by Gasteiger charge is 2.21. The fourth-order valence-corrected chi connectivity index (χ4v) is 2.99. The molecule has 0 bridgehead atoms. The summed E-state index contributed by atoms with van der Waals surface area (Å²) in [6.45, 7) is 2.66. The molecule has 2 N–H and O–H groups in total. The van der Waals surface area contributed by atoms with Gasteiger partial charge in [0.25, 0.3) is 0 Å². The Bertz CT molecular complexity index is 595. The first-order chi connectivity index (χ1) is 8.81. The van der Waals surface area contributed by atoms with Gasteiger partial charge in [0.15, 0.2) is 0 Å². The van der Waals surface area contributed by atoms with E-state index in [1.165, 1.54) is 34.3 Å². The second-order valence-corrected chi connectivity index (χ2v) is 5.17. The average molecular weight is 257 g/mol. The highest BCUT2D eigenvalue weighted by Crippen LogP contribution is 2.42. The Hall–Kier alpha value is -1.45. The largest absolute Gasteiger partial charge is 0.398 e. The Balaban J connectivity index is 2.04. The maximum Gasteiger partial charge on any atom is 0.0590 e. The number of fused-ring (bicyclic) bond motifs is 3. The summed E-state index contributed by atoms with van der Waals surface area (Å²) in [6.07, 6.45) is 0.928. The van der Waals surface area contributed by atoms with Crippen molar-refractivity contribution in [2.75, 3.05) is 12.3 Å². The van der Waals surface area contributed by atoms with Gasteiger partial charge in [0.2, 0.25) is 0 Å². The molecule has 2 aromatic carbocycles. The zero-order valence-corrected chi connectivity index (χ0v) is 11.1. The summed E-state index contributed by atoms with van der Waals surface area (Å²) in [5.41, 5.74) is 12.3. The molecule has 18 heavy (non-hydrogen) atoms. The molecule has 0 amide bonds. The van der Waals surface area contributed by atoms with Crippen LogP contribution in [0.4, 0.5) is 5.69 Å². The van der Waals surface area contributed by atoms with E-state index >= 15 is 0 Å². The summed E-state index contributed by atoms with van der Waals surface area (Å²) >= 11 is 1.37. The molecule has 0 radical (unpaired) electrons. The summed E-state index contributed by atoms with van der Waals surface area (Å²) < 4.78 is 5.37. The smallest absolute Gasteiger partial charge is 0.0590 e. The van der Waals surface area contributed by atoms with Gasteiger partial charge in [-0.1, -0.05) is 30.3 Å². The maximum atomic E-state index is 6.25. The van der Waals surface area contributed by atoms with Crippen molar-refractivity contribution in [1.82, 2.24) is 0 Å². The topological polar surface area (TPSA) is 35.2 Å². The Morgan fingerprint density at radius 1 is 1.17 bits per heavy atom. The lowest BCUT2D eigenvalue weighted by atomic mass is 10.1. The third-order valence-electron chi connectivity index (χ3n) is 3.26. The molecule has 0 heterocycles. The van der Waals surface area contributed by atoms with Gasteiger partial charge in [-0.2, -0.15) is 0 Å². The second kappa shape index (κ2) is 4.67. The molecule has 0 aromatic heterocycles. The molecular weight excluding hydrogens is 242 g/mol. The van der Waals surface area contributed by atoms with Gasteiger partial charge in [0.1, 0.15) is 0 Å². The highest BCUT2D eigenvalue weighted by atomic mass is 32.2. The van der Waals surface area contributed by atoms with Crippen LogP contribution in [-0.2, 0) is 10.6 Å². The van der Waals surface area contributed by atoms with Gasteiger partial charge < -0.3 is 9.92 Å². The van der Waals surface area contributed by atoms with Crippen LogP contribution in [0.25, 0.3) is 11.1 Å². The molecule has 3 rings (SSSR count). The molecule has 0 unspecified atom stereocenters. The lowest BCUT2D eigenvalue weighted by molar-refractivity contribution is 0.402. The van der Waals surface area contributed by atoms with Gasteiger partial charge in [-0.3, -0.25) is 0 Å². The minimum atomic E-state index is 0.682. The Morgan fingerprint density at radius 2 is 2.00 bits per heavy atom. The number of nitrogens with two attached hydrogens (primary N) is 1. The average Bonchev–Trinajstić information content (AvgIpc) is 2.78. The van der Waals surface area contributed by atoms with E-state index in [0.717, 1.165) is 17.0 Å². The molecule has 0 aliphatic heterocycles. The van der Waals surface area contributed by atoms with Gasteiger partial charge in [0.05, 0.1) is 17.2 Å². The third kappa shape index (κ3) is 1.80. The summed E-state index contributed by atoms with van der Waals surface area (Å²) in [7, 11) is 0. The minimum Gasteiger partial charge on any atom is -0.398 e. The van der Waals surface area contributed by atoms with E-state index in [-0.39, 0.29) is 0 Å². The third-order valence-corrected chi connectivity index (χ3v) is 4.15. The molecule has 0 atom stereocenters. The molecule has 0 saturated carbocycles. The summed E-state index contributed by atoms with van der Waals surface area (Å²) in [4.78, 5) is 1.02. The SMILES string of the molecule is CCOSc1ccc2c(c1N)Cc1ccccc1-2. The van der Waals surface area contributed by atoms with Crippen LogP contribution in [0.5, 0.6) is 0 Å². The lowest BCUT2D eigenvalue weighted by Gasteiger charge is -2.09. The molecule has 0 spiro atoms. The standard InChI is InChI=1S/C15H15NOS/c1-2-17-18-14-8-7-12-11-6-4-3-5-10(11)9-13(12)15(14)16/h3-8H,2,9,16H2,1H3. The number of hydrogen-bond donors (Lipinski definition) is 1. The summed E-state index contributed by atoms with van der Waals surface area (Å²) in [5.74, 6) is 0. The van der Waals surface area contributed by atoms with Gasteiger partial charge >= 0.3 is 0 Å². The van der Waals surface area contributed by atoms with Crippen LogP contribution in [0.2, 0.25) is 0 Å². The molecule has 92 valence electrons. The van der Waals surface area contributed by atoms with E-state index < -0.39 is 0 Å². The predicted molar refractivity (Wildman–Crippen MR) is 76.6 cm³/mol. The van der Waals surface area contributed by atoms with E-state index in [2.05, 4.69) is 36.4 Å². The molecule has 3 heteroatoms. The molecule has 2 aromatic rings. The van der Waals surface area contributed by atoms with Crippen LogP contribution in [-0.4, -0.2) is 6.61 Å². The van der Waals surface area contributed by atoms with E-state index in [1.807, 2.05) is 6.92 Å². The maximum absolute atomic E-state index is 6.25.